The number of anilines is 1. The lowest BCUT2D eigenvalue weighted by Gasteiger charge is -2.35. The van der Waals surface area contributed by atoms with E-state index in [1.807, 2.05) is 0 Å². The lowest BCUT2D eigenvalue weighted by molar-refractivity contribution is 0.0157. The number of aromatic amines is 1. The molecule has 2 rings (SSSR count). The molecule has 0 fully saturated rings. The van der Waals surface area contributed by atoms with Crippen LogP contribution in [0.5, 0.6) is 0 Å². The van der Waals surface area contributed by atoms with Crippen LogP contribution in [0.2, 0.25) is 0 Å². The third-order valence-corrected chi connectivity index (χ3v) is 3.48. The second-order valence-corrected chi connectivity index (χ2v) is 5.82. The van der Waals surface area contributed by atoms with E-state index in [-0.39, 0.29) is 16.7 Å². The van der Waals surface area contributed by atoms with Gasteiger partial charge in [-0.25, -0.2) is 13.4 Å². The second-order valence-electron chi connectivity index (χ2n) is 3.88. The number of aliphatic hydroxyl groups is 1. The fraction of sp³-hybridized carbons (Fsp3) is 0.500. The van der Waals surface area contributed by atoms with Crippen LogP contribution in [0.3, 0.4) is 0 Å². The number of H-pyrrole nitrogens is 1. The lowest BCUT2D eigenvalue weighted by Crippen LogP contribution is -2.52. The minimum Gasteiger partial charge on any atom is -0.356 e. The van der Waals surface area contributed by atoms with Gasteiger partial charge in [-0.2, -0.15) is 0 Å². The molecule has 0 bridgehead atoms. The third-order valence-electron chi connectivity index (χ3n) is 2.58. The van der Waals surface area contributed by atoms with Gasteiger partial charge in [-0.05, 0) is 0 Å². The van der Waals surface area contributed by atoms with Gasteiger partial charge in [-0.15, -0.1) is 0 Å². The third kappa shape index (κ3) is 1.67. The van der Waals surface area contributed by atoms with E-state index in [0.717, 1.165) is 11.2 Å². The van der Waals surface area contributed by atoms with Crippen LogP contribution in [0.4, 0.5) is 5.82 Å². The van der Waals surface area contributed by atoms with Crippen LogP contribution in [0.25, 0.3) is 0 Å². The van der Waals surface area contributed by atoms with Crippen LogP contribution in [-0.4, -0.2) is 61.0 Å². The maximum absolute atomic E-state index is 11.8. The Labute approximate surface area is 97.8 Å². The van der Waals surface area contributed by atoms with Crippen molar-refractivity contribution in [3.05, 3.63) is 5.69 Å². The van der Waals surface area contributed by atoms with E-state index >= 15 is 0 Å². The number of amides is 1. The van der Waals surface area contributed by atoms with Crippen molar-refractivity contribution in [2.24, 2.45) is 0 Å². The van der Waals surface area contributed by atoms with Gasteiger partial charge in [0.25, 0.3) is 5.91 Å². The summed E-state index contributed by atoms with van der Waals surface area (Å²) in [6, 6.07) is 0. The number of hydrogen-bond donors (Lipinski definition) is 2. The maximum Gasteiger partial charge on any atom is 0.279 e. The lowest BCUT2D eigenvalue weighted by atomic mass is 10.3. The molecule has 1 aliphatic heterocycles. The van der Waals surface area contributed by atoms with Gasteiger partial charge < -0.3 is 15.0 Å². The average Bonchev–Trinajstić information content (AvgIpc) is 2.67. The number of nitrogens with zero attached hydrogens (tertiary/aromatic N) is 3. The number of imidazole rings is 1. The van der Waals surface area contributed by atoms with E-state index in [9.17, 15) is 18.3 Å². The van der Waals surface area contributed by atoms with Crippen molar-refractivity contribution in [3.8, 4) is 0 Å². The van der Waals surface area contributed by atoms with Crippen LogP contribution in [0.1, 0.15) is 10.5 Å². The molecular weight excluding hydrogens is 248 g/mol. The Morgan fingerprint density at radius 3 is 2.47 bits per heavy atom. The Bertz CT molecular complexity index is 578. The highest BCUT2D eigenvalue weighted by Gasteiger charge is 2.36. The van der Waals surface area contributed by atoms with Crippen molar-refractivity contribution in [3.63, 3.8) is 0 Å². The molecule has 17 heavy (non-hydrogen) atoms. The van der Waals surface area contributed by atoms with Crippen molar-refractivity contribution in [2.45, 2.75) is 11.5 Å². The highest BCUT2D eigenvalue weighted by molar-refractivity contribution is 7.90. The molecule has 1 unspecified atom stereocenters. The van der Waals surface area contributed by atoms with E-state index < -0.39 is 22.1 Å². The molecule has 1 aromatic heterocycles. The number of aromatic nitrogens is 2. The summed E-state index contributed by atoms with van der Waals surface area (Å²) in [4.78, 5) is 20.4. The zero-order chi connectivity index (χ0) is 13.0. The largest absolute Gasteiger partial charge is 0.356 e. The van der Waals surface area contributed by atoms with Crippen LogP contribution in [0.15, 0.2) is 5.16 Å². The minimum absolute atomic E-state index is 0.0132. The van der Waals surface area contributed by atoms with E-state index in [0.29, 0.717) is 0 Å². The molecule has 0 saturated carbocycles. The number of nitrogens with one attached hydrogen (secondary N) is 1. The van der Waals surface area contributed by atoms with E-state index in [1.165, 1.54) is 19.0 Å². The smallest absolute Gasteiger partial charge is 0.279 e. The van der Waals surface area contributed by atoms with Gasteiger partial charge >= 0.3 is 0 Å². The normalized spacial score (nSPS) is 20.7. The zero-order valence-corrected chi connectivity index (χ0v) is 10.3. The zero-order valence-electron chi connectivity index (χ0n) is 9.50. The summed E-state index contributed by atoms with van der Waals surface area (Å²) in [5, 5.41) is 9.42. The summed E-state index contributed by atoms with van der Waals surface area (Å²) in [6.45, 7) is 0. The molecule has 1 aromatic rings. The van der Waals surface area contributed by atoms with Crippen LogP contribution in [0, 0.1) is 0 Å². The highest BCUT2D eigenvalue weighted by Crippen LogP contribution is 2.26. The Kier molecular flexibility index (Phi) is 2.40. The SMILES string of the molecule is CN1C(=O)c2nc(S(C)(=O)=O)[nH]c2N(C)C1O. The topological polar surface area (TPSA) is 107 Å². The van der Waals surface area contributed by atoms with Gasteiger partial charge in [0, 0.05) is 20.4 Å². The predicted octanol–water partition coefficient (Wildman–Crippen LogP) is -1.39. The molecule has 8 nitrogen and oxygen atoms in total. The molecule has 0 spiro atoms. The van der Waals surface area contributed by atoms with Crippen molar-refractivity contribution in [2.75, 3.05) is 25.3 Å². The number of aliphatic hydroxyl groups excluding tert-OH is 1. The number of rotatable bonds is 1. The van der Waals surface area contributed by atoms with Gasteiger partial charge in [-0.1, -0.05) is 0 Å². The molecule has 0 saturated heterocycles. The highest BCUT2D eigenvalue weighted by atomic mass is 32.2. The summed E-state index contributed by atoms with van der Waals surface area (Å²) < 4.78 is 22.7. The second kappa shape index (κ2) is 3.44. The number of carbonyl (C=O) groups is 1. The molecule has 0 aromatic carbocycles. The summed E-state index contributed by atoms with van der Waals surface area (Å²) >= 11 is 0. The molecule has 94 valence electrons. The van der Waals surface area contributed by atoms with E-state index in [2.05, 4.69) is 9.97 Å². The summed E-state index contributed by atoms with van der Waals surface area (Å²) in [7, 11) is -0.596. The van der Waals surface area contributed by atoms with E-state index in [4.69, 9.17) is 0 Å². The van der Waals surface area contributed by atoms with Gasteiger partial charge in [0.2, 0.25) is 21.3 Å². The fourth-order valence-corrected chi connectivity index (χ4v) is 2.11. The molecule has 0 aliphatic carbocycles. The number of sulfone groups is 1. The Morgan fingerprint density at radius 1 is 1.35 bits per heavy atom. The Hall–Kier alpha value is -1.61. The number of carbonyl (C=O) groups excluding carboxylic acids is 1. The molecule has 1 amide bonds. The standard InChI is InChI=1S/C8H12N4O4S/c1-11-5-4(6(13)12(2)8(11)14)9-7(10-5)17(3,15)16/h8,14H,1-3H3,(H,9,10). The maximum atomic E-state index is 11.8. The molecular formula is C8H12N4O4S. The summed E-state index contributed by atoms with van der Waals surface area (Å²) in [5.41, 5.74) is -0.0132. The first-order chi connectivity index (χ1) is 7.73. The number of hydrogen-bond acceptors (Lipinski definition) is 6. The summed E-state index contributed by atoms with van der Waals surface area (Å²) in [6.07, 6.45) is -0.162. The molecule has 9 heteroatoms. The first-order valence-electron chi connectivity index (χ1n) is 4.71. The summed E-state index contributed by atoms with van der Waals surface area (Å²) in [5.74, 6) is -0.335. The van der Waals surface area contributed by atoms with Crippen molar-refractivity contribution < 1.29 is 18.3 Å². The van der Waals surface area contributed by atoms with Gasteiger partial charge in [0.15, 0.2) is 5.69 Å². The van der Waals surface area contributed by atoms with Crippen molar-refractivity contribution in [1.82, 2.24) is 14.9 Å². The first-order valence-corrected chi connectivity index (χ1v) is 6.60. The predicted molar refractivity (Wildman–Crippen MR) is 58.2 cm³/mol. The molecule has 2 heterocycles. The fourth-order valence-electron chi connectivity index (χ4n) is 1.57. The van der Waals surface area contributed by atoms with Gasteiger partial charge in [-0.3, -0.25) is 9.69 Å². The molecule has 1 atom stereocenters. The van der Waals surface area contributed by atoms with Crippen LogP contribution in [-0.2, 0) is 9.84 Å². The van der Waals surface area contributed by atoms with Gasteiger partial charge in [0.05, 0.1) is 0 Å². The van der Waals surface area contributed by atoms with E-state index in [1.54, 1.807) is 0 Å². The quantitative estimate of drug-likeness (QED) is 0.644. The minimum atomic E-state index is -3.52. The van der Waals surface area contributed by atoms with Crippen LogP contribution >= 0.6 is 0 Å². The van der Waals surface area contributed by atoms with Crippen molar-refractivity contribution >= 4 is 21.6 Å². The average molecular weight is 260 g/mol. The number of fused-ring (bicyclic) bond motifs is 1. The van der Waals surface area contributed by atoms with Crippen LogP contribution < -0.4 is 4.90 Å². The molecule has 1 aliphatic rings. The monoisotopic (exact) mass is 260 g/mol. The van der Waals surface area contributed by atoms with Gasteiger partial charge in [0.1, 0.15) is 5.82 Å². The molecule has 2 N–H and O–H groups in total. The Balaban J connectivity index is 2.62. The Morgan fingerprint density at radius 2 is 1.94 bits per heavy atom. The molecule has 0 radical (unpaired) electrons. The first kappa shape index (κ1) is 11.9. The van der Waals surface area contributed by atoms with Crippen molar-refractivity contribution in [1.29, 1.82) is 0 Å².